The Morgan fingerprint density at radius 3 is 2.53 bits per heavy atom. The third-order valence-corrected chi connectivity index (χ3v) is 8.89. The lowest BCUT2D eigenvalue weighted by atomic mass is 9.79. The summed E-state index contributed by atoms with van der Waals surface area (Å²) < 4.78 is 9.66. The SMILES string of the molecule is C[C@@H](O)[C@H]1C(=O)N2C(C(=O)OP)=C(S[C@H]3C[C@@H](C(=O)Nc4cccc(C(=O)O)c4)N(C(=O)OP)C3)[C@H](C)[C@H]12. The van der Waals surface area contributed by atoms with Gasteiger partial charge < -0.3 is 29.5 Å². The molecule has 3 heterocycles. The minimum absolute atomic E-state index is 0.00535. The molecule has 15 heteroatoms. The van der Waals surface area contributed by atoms with Crippen LogP contribution in [0.4, 0.5) is 10.5 Å². The number of carboxylic acids is 1. The van der Waals surface area contributed by atoms with Crippen LogP contribution in [0.2, 0.25) is 0 Å². The Kier molecular flexibility index (Phi) is 8.32. The lowest BCUT2D eigenvalue weighted by molar-refractivity contribution is -0.162. The number of carbonyl (C=O) groups is 5. The maximum absolute atomic E-state index is 13.2. The molecule has 0 saturated carbocycles. The van der Waals surface area contributed by atoms with E-state index in [0.717, 1.165) is 0 Å². The summed E-state index contributed by atoms with van der Waals surface area (Å²) in [6.07, 6.45) is -1.44. The van der Waals surface area contributed by atoms with Crippen molar-refractivity contribution in [1.29, 1.82) is 0 Å². The Morgan fingerprint density at radius 1 is 1.21 bits per heavy atom. The number of fused-ring (bicyclic) bond motifs is 1. The number of aliphatic hydroxyl groups is 1. The first kappa shape index (κ1) is 28.3. The molecule has 0 radical (unpaired) electrons. The number of β-lactam (4-membered cyclic amide) rings is 1. The van der Waals surface area contributed by atoms with Gasteiger partial charge in [0.15, 0.2) is 0 Å². The normalized spacial score (nSPS) is 27.0. The zero-order valence-corrected chi connectivity index (χ0v) is 23.5. The molecule has 0 bridgehead atoms. The fourth-order valence-corrected chi connectivity index (χ4v) is 7.03. The van der Waals surface area contributed by atoms with Crippen molar-refractivity contribution in [3.8, 4) is 0 Å². The van der Waals surface area contributed by atoms with Crippen LogP contribution in [0.15, 0.2) is 34.9 Å². The molecular weight excluding hydrogens is 556 g/mol. The highest BCUT2D eigenvalue weighted by Crippen LogP contribution is 2.52. The lowest BCUT2D eigenvalue weighted by Crippen LogP contribution is -2.63. The Bertz CT molecular complexity index is 1230. The van der Waals surface area contributed by atoms with Crippen LogP contribution in [0.5, 0.6) is 0 Å². The van der Waals surface area contributed by atoms with Crippen LogP contribution in [0.3, 0.4) is 0 Å². The zero-order valence-electron chi connectivity index (χ0n) is 20.4. The summed E-state index contributed by atoms with van der Waals surface area (Å²) in [6.45, 7) is 3.50. The van der Waals surface area contributed by atoms with Crippen LogP contribution in [0, 0.1) is 11.8 Å². The topological polar surface area (TPSA) is 163 Å². The summed E-state index contributed by atoms with van der Waals surface area (Å²) in [6, 6.07) is 4.39. The van der Waals surface area contributed by atoms with Gasteiger partial charge >= 0.3 is 18.0 Å². The molecule has 4 rings (SSSR count). The smallest absolute Gasteiger partial charge is 0.412 e. The fourth-order valence-electron chi connectivity index (χ4n) is 5.26. The molecule has 12 nitrogen and oxygen atoms in total. The van der Waals surface area contributed by atoms with E-state index in [-0.39, 0.29) is 47.0 Å². The van der Waals surface area contributed by atoms with Gasteiger partial charge in [-0.1, -0.05) is 13.0 Å². The number of carbonyl (C=O) groups excluding carboxylic acids is 4. The predicted octanol–water partition coefficient (Wildman–Crippen LogP) is 1.83. The maximum Gasteiger partial charge on any atom is 0.412 e. The van der Waals surface area contributed by atoms with E-state index < -0.39 is 48.0 Å². The molecule has 1 aromatic carbocycles. The van der Waals surface area contributed by atoms with Crippen molar-refractivity contribution < 1.29 is 43.2 Å². The number of hydrogen-bond donors (Lipinski definition) is 3. The third-order valence-electron chi connectivity index (χ3n) is 6.98. The van der Waals surface area contributed by atoms with Gasteiger partial charge in [0.1, 0.15) is 11.7 Å². The van der Waals surface area contributed by atoms with E-state index in [4.69, 9.17) is 9.05 Å². The molecular formula is C23H27N3O9P2S. The molecule has 3 amide bonds. The van der Waals surface area contributed by atoms with E-state index in [9.17, 15) is 34.2 Å². The quantitative estimate of drug-likeness (QED) is 0.319. The molecule has 0 aromatic heterocycles. The minimum atomic E-state index is -1.15. The number of thioether (sulfide) groups is 1. The van der Waals surface area contributed by atoms with Gasteiger partial charge in [0.05, 0.1) is 42.6 Å². The van der Waals surface area contributed by atoms with Gasteiger partial charge in [0.25, 0.3) is 0 Å². The van der Waals surface area contributed by atoms with E-state index in [1.807, 2.05) is 25.9 Å². The summed E-state index contributed by atoms with van der Waals surface area (Å²) in [7, 11) is 3.73. The van der Waals surface area contributed by atoms with Crippen molar-refractivity contribution in [1.82, 2.24) is 9.80 Å². The van der Waals surface area contributed by atoms with Crippen LogP contribution in [0.1, 0.15) is 30.6 Å². The van der Waals surface area contributed by atoms with Crippen LogP contribution < -0.4 is 5.32 Å². The number of nitrogens with zero attached hydrogens (tertiary/aromatic N) is 2. The number of anilines is 1. The summed E-state index contributed by atoms with van der Waals surface area (Å²) in [5, 5.41) is 21.6. The van der Waals surface area contributed by atoms with Gasteiger partial charge in [-0.15, -0.1) is 11.8 Å². The number of hydrogen-bond acceptors (Lipinski definition) is 9. The number of likely N-dealkylation sites (tertiary alicyclic amines) is 1. The monoisotopic (exact) mass is 583 g/mol. The van der Waals surface area contributed by atoms with Crippen molar-refractivity contribution in [2.24, 2.45) is 11.8 Å². The average Bonchev–Trinajstić information content (AvgIpc) is 3.41. The van der Waals surface area contributed by atoms with E-state index in [0.29, 0.717) is 4.91 Å². The Hall–Kier alpha value is -2.72. The third kappa shape index (κ3) is 5.00. The fraction of sp³-hybridized carbons (Fsp3) is 0.435. The number of carboxylic acid groups (broad SMARTS) is 1. The van der Waals surface area contributed by atoms with Gasteiger partial charge in [-0.3, -0.25) is 14.5 Å². The zero-order chi connectivity index (χ0) is 27.9. The van der Waals surface area contributed by atoms with E-state index in [1.54, 1.807) is 0 Å². The van der Waals surface area contributed by atoms with Crippen molar-refractivity contribution >= 4 is 66.2 Å². The summed E-state index contributed by atoms with van der Waals surface area (Å²) >= 11 is 1.28. The number of amides is 3. The van der Waals surface area contributed by atoms with Gasteiger partial charge in [-0.05, 0) is 31.5 Å². The molecule has 3 aliphatic rings. The molecule has 3 N–H and O–H groups in total. The molecule has 8 atom stereocenters. The Balaban J connectivity index is 1.57. The van der Waals surface area contributed by atoms with Gasteiger partial charge in [0, 0.05) is 28.3 Å². The number of aromatic carboxylic acids is 1. The lowest BCUT2D eigenvalue weighted by Gasteiger charge is -2.46. The Morgan fingerprint density at radius 2 is 1.92 bits per heavy atom. The molecule has 0 aliphatic carbocycles. The minimum Gasteiger partial charge on any atom is -0.478 e. The second-order valence-corrected chi connectivity index (χ2v) is 11.1. The van der Waals surface area contributed by atoms with E-state index in [2.05, 4.69) is 5.32 Å². The summed E-state index contributed by atoms with van der Waals surface area (Å²) in [5.41, 5.74) is 0.354. The molecule has 2 fully saturated rings. The largest absolute Gasteiger partial charge is 0.478 e. The molecule has 1 aromatic rings. The van der Waals surface area contributed by atoms with Crippen LogP contribution in [-0.4, -0.2) is 79.8 Å². The van der Waals surface area contributed by atoms with Gasteiger partial charge in [0.2, 0.25) is 11.8 Å². The molecule has 38 heavy (non-hydrogen) atoms. The number of rotatable bonds is 7. The van der Waals surface area contributed by atoms with E-state index in [1.165, 1.54) is 52.8 Å². The standard InChI is InChI=1S/C23H27N3O9P2S/c1-9-16-15(10(2)27)20(29)26(16)17(22(32)34-36)18(9)38-13-7-14(25(8-13)23(33)35-37)19(28)24-12-5-3-4-11(6-12)21(30)31/h3-6,9-10,13-16,27H,7-8,36-37H2,1-2H3,(H,24,28)(H,30,31)/t9-,10-,13+,14+,15-,16-/m1/s1. The molecule has 2 saturated heterocycles. The van der Waals surface area contributed by atoms with Crippen molar-refractivity contribution in [2.45, 2.75) is 43.7 Å². The molecule has 3 aliphatic heterocycles. The van der Waals surface area contributed by atoms with Crippen molar-refractivity contribution in [3.63, 3.8) is 0 Å². The number of aliphatic hydroxyl groups excluding tert-OH is 1. The number of benzene rings is 1. The highest BCUT2D eigenvalue weighted by atomic mass is 32.2. The predicted molar refractivity (Wildman–Crippen MR) is 143 cm³/mol. The first-order valence-electron chi connectivity index (χ1n) is 11.6. The molecule has 2 unspecified atom stereocenters. The second-order valence-electron chi connectivity index (χ2n) is 9.27. The Labute approximate surface area is 227 Å². The number of nitrogens with one attached hydrogen (secondary N) is 1. The highest BCUT2D eigenvalue weighted by Gasteiger charge is 2.60. The summed E-state index contributed by atoms with van der Waals surface area (Å²) in [5.74, 6) is -3.69. The van der Waals surface area contributed by atoms with Gasteiger partial charge in [-0.25, -0.2) is 14.4 Å². The average molecular weight is 583 g/mol. The van der Waals surface area contributed by atoms with Gasteiger partial charge in [-0.2, -0.15) is 0 Å². The van der Waals surface area contributed by atoms with Crippen molar-refractivity contribution in [2.75, 3.05) is 11.9 Å². The summed E-state index contributed by atoms with van der Waals surface area (Å²) in [4.78, 5) is 65.6. The van der Waals surface area contributed by atoms with Crippen LogP contribution in [-0.2, 0) is 23.4 Å². The maximum atomic E-state index is 13.2. The molecule has 204 valence electrons. The van der Waals surface area contributed by atoms with Crippen LogP contribution >= 0.6 is 30.7 Å². The second kappa shape index (κ2) is 11.2. The van der Waals surface area contributed by atoms with Crippen molar-refractivity contribution in [3.05, 3.63) is 40.4 Å². The molecule has 0 spiro atoms. The van der Waals surface area contributed by atoms with E-state index >= 15 is 0 Å². The highest BCUT2D eigenvalue weighted by molar-refractivity contribution is 8.03. The first-order valence-corrected chi connectivity index (χ1v) is 13.5. The van der Waals surface area contributed by atoms with Crippen LogP contribution in [0.25, 0.3) is 0 Å². The first-order chi connectivity index (χ1) is 18.0.